The lowest BCUT2D eigenvalue weighted by molar-refractivity contribution is 0.293. The molecule has 1 aliphatic heterocycles. The summed E-state index contributed by atoms with van der Waals surface area (Å²) in [6.07, 6.45) is 20.7. The summed E-state index contributed by atoms with van der Waals surface area (Å²) in [7, 11) is 0. The zero-order chi connectivity index (χ0) is 25.7. The molecule has 1 aliphatic carbocycles. The zero-order valence-corrected chi connectivity index (χ0v) is 22.1. The summed E-state index contributed by atoms with van der Waals surface area (Å²) >= 11 is 0. The molecule has 196 valence electrons. The summed E-state index contributed by atoms with van der Waals surface area (Å²) in [6, 6.07) is 8.53. The van der Waals surface area contributed by atoms with Gasteiger partial charge in [-0.25, -0.2) is 4.79 Å². The third kappa shape index (κ3) is 5.20. The molecule has 2 atom stereocenters. The minimum absolute atomic E-state index is 0.130. The van der Waals surface area contributed by atoms with E-state index in [4.69, 9.17) is 0 Å². The molecule has 37 heavy (non-hydrogen) atoms. The van der Waals surface area contributed by atoms with E-state index in [1.807, 2.05) is 29.1 Å². The summed E-state index contributed by atoms with van der Waals surface area (Å²) in [6.45, 7) is 5.03. The van der Waals surface area contributed by atoms with Gasteiger partial charge in [0.2, 0.25) is 5.82 Å². The Morgan fingerprint density at radius 1 is 1.11 bits per heavy atom. The number of H-pyrrole nitrogens is 1. The SMILES string of the molecule is CCCCc1cn(C2CCCCCC2CC)c(=O)n1CC1(c2cccc(-c3nn[nH]n3)c2)C=CNC=C1. The van der Waals surface area contributed by atoms with Crippen molar-refractivity contribution in [3.63, 3.8) is 0 Å². The molecule has 1 aromatic carbocycles. The van der Waals surface area contributed by atoms with Crippen molar-refractivity contribution in [3.8, 4) is 11.4 Å². The molecule has 0 spiro atoms. The number of imidazole rings is 1. The molecular formula is C29H39N7O. The number of nitrogens with one attached hydrogen (secondary N) is 2. The highest BCUT2D eigenvalue weighted by Crippen LogP contribution is 2.36. The van der Waals surface area contributed by atoms with Gasteiger partial charge in [0.1, 0.15) is 0 Å². The maximum Gasteiger partial charge on any atom is 0.328 e. The quantitative estimate of drug-likeness (QED) is 0.390. The van der Waals surface area contributed by atoms with Crippen molar-refractivity contribution in [2.24, 2.45) is 5.92 Å². The van der Waals surface area contributed by atoms with Crippen molar-refractivity contribution >= 4 is 0 Å². The fraction of sp³-hybridized carbons (Fsp3) is 0.517. The lowest BCUT2D eigenvalue weighted by Gasteiger charge is -2.31. The molecule has 0 amide bonds. The molecule has 8 heteroatoms. The van der Waals surface area contributed by atoms with Crippen LogP contribution in [0.3, 0.4) is 0 Å². The van der Waals surface area contributed by atoms with Crippen LogP contribution in [-0.4, -0.2) is 29.8 Å². The van der Waals surface area contributed by atoms with Crippen LogP contribution in [0.1, 0.15) is 82.5 Å². The first kappa shape index (κ1) is 25.2. The second-order valence-corrected chi connectivity index (χ2v) is 10.6. The Bertz CT molecular complexity index is 1270. The molecule has 0 saturated heterocycles. The average molecular weight is 502 g/mol. The van der Waals surface area contributed by atoms with E-state index in [9.17, 15) is 4.79 Å². The van der Waals surface area contributed by atoms with Gasteiger partial charge in [0.15, 0.2) is 0 Å². The topological polar surface area (TPSA) is 93.4 Å². The fourth-order valence-corrected chi connectivity index (χ4v) is 6.11. The average Bonchev–Trinajstić information content (AvgIpc) is 3.50. The van der Waals surface area contributed by atoms with Crippen LogP contribution in [0.15, 0.2) is 59.8 Å². The van der Waals surface area contributed by atoms with E-state index < -0.39 is 5.41 Å². The second kappa shape index (κ2) is 11.3. The Morgan fingerprint density at radius 2 is 1.95 bits per heavy atom. The van der Waals surface area contributed by atoms with Gasteiger partial charge >= 0.3 is 5.69 Å². The van der Waals surface area contributed by atoms with Gasteiger partial charge in [-0.2, -0.15) is 5.21 Å². The number of aromatic amines is 1. The van der Waals surface area contributed by atoms with Crippen LogP contribution in [0.25, 0.3) is 11.4 Å². The summed E-state index contributed by atoms with van der Waals surface area (Å²) in [4.78, 5) is 14.2. The van der Waals surface area contributed by atoms with Crippen molar-refractivity contribution in [1.29, 1.82) is 0 Å². The lowest BCUT2D eigenvalue weighted by Crippen LogP contribution is -2.37. The van der Waals surface area contributed by atoms with Crippen LogP contribution >= 0.6 is 0 Å². The number of aryl methyl sites for hydroxylation is 1. The predicted octanol–water partition coefficient (Wildman–Crippen LogP) is 5.27. The van der Waals surface area contributed by atoms with Gasteiger partial charge in [-0.3, -0.25) is 9.13 Å². The van der Waals surface area contributed by atoms with Crippen molar-refractivity contribution in [3.05, 3.63) is 76.8 Å². The minimum atomic E-state index is -0.477. The molecule has 3 heterocycles. The first-order valence-electron chi connectivity index (χ1n) is 13.9. The summed E-state index contributed by atoms with van der Waals surface area (Å²) < 4.78 is 4.15. The number of nitrogens with zero attached hydrogens (tertiary/aromatic N) is 5. The van der Waals surface area contributed by atoms with Gasteiger partial charge in [0, 0.05) is 30.0 Å². The van der Waals surface area contributed by atoms with E-state index >= 15 is 0 Å². The number of hydrogen-bond donors (Lipinski definition) is 2. The number of tetrazole rings is 1. The maximum absolute atomic E-state index is 14.2. The minimum Gasteiger partial charge on any atom is -0.368 e. The summed E-state index contributed by atoms with van der Waals surface area (Å²) in [5.74, 6) is 1.12. The monoisotopic (exact) mass is 501 g/mol. The molecule has 0 radical (unpaired) electrons. The van der Waals surface area contributed by atoms with Gasteiger partial charge < -0.3 is 5.32 Å². The van der Waals surface area contributed by atoms with E-state index in [1.165, 1.54) is 25.7 Å². The zero-order valence-electron chi connectivity index (χ0n) is 22.1. The van der Waals surface area contributed by atoms with Gasteiger partial charge in [0.05, 0.1) is 5.41 Å². The van der Waals surface area contributed by atoms with E-state index in [-0.39, 0.29) is 5.69 Å². The van der Waals surface area contributed by atoms with Gasteiger partial charge in [-0.05, 0) is 60.8 Å². The summed E-state index contributed by atoms with van der Waals surface area (Å²) in [5, 5.41) is 17.8. The van der Waals surface area contributed by atoms with E-state index in [0.717, 1.165) is 48.9 Å². The van der Waals surface area contributed by atoms with Gasteiger partial charge in [-0.15, -0.1) is 10.2 Å². The predicted molar refractivity (Wildman–Crippen MR) is 146 cm³/mol. The van der Waals surface area contributed by atoms with Crippen LogP contribution < -0.4 is 11.0 Å². The third-order valence-corrected chi connectivity index (χ3v) is 8.25. The molecule has 2 N–H and O–H groups in total. The van der Waals surface area contributed by atoms with Crippen molar-refractivity contribution in [2.45, 2.75) is 89.6 Å². The number of hydrogen-bond acceptors (Lipinski definition) is 5. The number of dihydropyridines is 1. The molecule has 3 aromatic rings. The number of aromatic nitrogens is 6. The maximum atomic E-state index is 14.2. The van der Waals surface area contributed by atoms with Crippen LogP contribution in [0.5, 0.6) is 0 Å². The highest BCUT2D eigenvalue weighted by Gasteiger charge is 2.33. The largest absolute Gasteiger partial charge is 0.368 e. The van der Waals surface area contributed by atoms with Crippen molar-refractivity contribution in [2.75, 3.05) is 0 Å². The number of allylic oxidation sites excluding steroid dienone is 2. The molecule has 1 fully saturated rings. The first-order valence-corrected chi connectivity index (χ1v) is 13.9. The molecule has 0 bridgehead atoms. The highest BCUT2D eigenvalue weighted by molar-refractivity contribution is 5.57. The molecular weight excluding hydrogens is 462 g/mol. The Morgan fingerprint density at radius 3 is 2.70 bits per heavy atom. The Kier molecular flexibility index (Phi) is 7.72. The lowest BCUT2D eigenvalue weighted by atomic mass is 9.78. The fourth-order valence-electron chi connectivity index (χ4n) is 6.11. The number of benzene rings is 1. The Labute approximate surface area is 218 Å². The van der Waals surface area contributed by atoms with Crippen LogP contribution in [0, 0.1) is 5.92 Å². The highest BCUT2D eigenvalue weighted by atomic mass is 16.1. The van der Waals surface area contributed by atoms with Crippen molar-refractivity contribution < 1.29 is 0 Å². The van der Waals surface area contributed by atoms with Crippen LogP contribution in [0.4, 0.5) is 0 Å². The Balaban J connectivity index is 1.57. The molecule has 2 unspecified atom stereocenters. The van der Waals surface area contributed by atoms with Gasteiger partial charge in [0.25, 0.3) is 0 Å². The molecule has 2 aromatic heterocycles. The van der Waals surface area contributed by atoms with Crippen molar-refractivity contribution in [1.82, 2.24) is 35.1 Å². The molecule has 5 rings (SSSR count). The van der Waals surface area contributed by atoms with Gasteiger partial charge in [-0.1, -0.05) is 76.3 Å². The van der Waals surface area contributed by atoms with E-state index in [0.29, 0.717) is 24.3 Å². The smallest absolute Gasteiger partial charge is 0.328 e. The molecule has 2 aliphatic rings. The third-order valence-electron chi connectivity index (χ3n) is 8.25. The summed E-state index contributed by atoms with van der Waals surface area (Å²) in [5.41, 5.74) is 2.78. The van der Waals surface area contributed by atoms with Crippen LogP contribution in [0.2, 0.25) is 0 Å². The number of rotatable bonds is 9. The Hall–Kier alpha value is -3.42. The van der Waals surface area contributed by atoms with E-state index in [1.54, 1.807) is 0 Å². The molecule has 1 saturated carbocycles. The first-order chi connectivity index (χ1) is 18.1. The normalized spacial score (nSPS) is 21.0. The second-order valence-electron chi connectivity index (χ2n) is 10.6. The molecule has 8 nitrogen and oxygen atoms in total. The van der Waals surface area contributed by atoms with Crippen LogP contribution in [-0.2, 0) is 18.4 Å². The standard InChI is InChI=1S/C29H39N7O/c1-3-5-13-25-20-35(26-14-8-6-7-10-22(26)4-2)28(37)36(25)21-29(15-17-30-18-16-29)24-12-9-11-23(19-24)27-31-33-34-32-27/h9,11-12,15-20,22,26,30H,3-8,10,13-14,21H2,1-2H3,(H,31,32,33,34). The van der Waals surface area contributed by atoms with E-state index in [2.05, 4.69) is 74.8 Å². The number of unbranched alkanes of at least 4 members (excludes halogenated alkanes) is 1.